The molecular weight excluding hydrogens is 344 g/mol. The highest BCUT2D eigenvalue weighted by molar-refractivity contribution is 7.14. The van der Waals surface area contributed by atoms with E-state index in [0.29, 0.717) is 5.56 Å². The number of amides is 1. The summed E-state index contributed by atoms with van der Waals surface area (Å²) in [4.78, 5) is 13.3. The van der Waals surface area contributed by atoms with Crippen LogP contribution in [0.5, 0.6) is 0 Å². The van der Waals surface area contributed by atoms with E-state index in [0.717, 1.165) is 32.4 Å². The van der Waals surface area contributed by atoms with E-state index in [1.54, 1.807) is 17.4 Å². The average Bonchev–Trinajstić information content (AvgIpc) is 3.00. The van der Waals surface area contributed by atoms with Crippen LogP contribution in [0.4, 0.5) is 0 Å². The maximum atomic E-state index is 12.2. The van der Waals surface area contributed by atoms with Gasteiger partial charge in [-0.3, -0.25) is 4.79 Å². The summed E-state index contributed by atoms with van der Waals surface area (Å²) in [6, 6.07) is 6.17. The molecule has 0 saturated heterocycles. The van der Waals surface area contributed by atoms with Gasteiger partial charge in [0.05, 0.1) is 5.56 Å². The summed E-state index contributed by atoms with van der Waals surface area (Å²) in [7, 11) is 0. The third-order valence-corrected chi connectivity index (χ3v) is 5.43. The fourth-order valence-corrected chi connectivity index (χ4v) is 4.01. The second-order valence-corrected chi connectivity index (χ2v) is 7.74. The molecule has 1 N–H and O–H groups in total. The topological polar surface area (TPSA) is 81.6 Å². The first-order chi connectivity index (χ1) is 12.2. The molecular formula is C20H22N4OS. The highest BCUT2D eigenvalue weighted by atomic mass is 32.1. The van der Waals surface area contributed by atoms with Gasteiger partial charge >= 0.3 is 0 Å². The van der Waals surface area contributed by atoms with Crippen LogP contribution >= 0.6 is 11.3 Å². The molecule has 0 aliphatic rings. The molecule has 0 spiro atoms. The Labute approximate surface area is 158 Å². The number of aromatic nitrogens is 1. The van der Waals surface area contributed by atoms with Gasteiger partial charge in [-0.25, -0.2) is 0 Å². The molecule has 26 heavy (non-hydrogen) atoms. The quantitative estimate of drug-likeness (QED) is 0.654. The molecule has 0 atom stereocenters. The third-order valence-electron chi connectivity index (χ3n) is 4.24. The van der Waals surface area contributed by atoms with Crippen LogP contribution in [0.15, 0.2) is 11.6 Å². The minimum absolute atomic E-state index is 0.0399. The van der Waals surface area contributed by atoms with Gasteiger partial charge in [0, 0.05) is 22.3 Å². The Morgan fingerprint density at radius 1 is 1.27 bits per heavy atom. The number of carbonyl (C=O) groups excluding carboxylic acids is 1. The minimum Gasteiger partial charge on any atom is -0.349 e. The van der Waals surface area contributed by atoms with E-state index in [2.05, 4.69) is 11.4 Å². The fourth-order valence-electron chi connectivity index (χ4n) is 2.79. The first-order valence-corrected chi connectivity index (χ1v) is 9.14. The van der Waals surface area contributed by atoms with Crippen molar-refractivity contribution in [3.63, 3.8) is 0 Å². The second-order valence-electron chi connectivity index (χ2n) is 6.54. The Kier molecular flexibility index (Phi) is 5.69. The predicted molar refractivity (Wildman–Crippen MR) is 104 cm³/mol. The van der Waals surface area contributed by atoms with Gasteiger partial charge in [-0.1, -0.05) is 0 Å². The summed E-state index contributed by atoms with van der Waals surface area (Å²) < 4.78 is 2.02. The van der Waals surface area contributed by atoms with Crippen LogP contribution in [0.3, 0.4) is 0 Å². The molecule has 1 amide bonds. The van der Waals surface area contributed by atoms with Crippen molar-refractivity contribution in [2.45, 2.75) is 47.6 Å². The highest BCUT2D eigenvalue weighted by Gasteiger charge is 2.19. The summed E-state index contributed by atoms with van der Waals surface area (Å²) in [5.74, 6) is -0.382. The lowest BCUT2D eigenvalue weighted by atomic mass is 10.1. The van der Waals surface area contributed by atoms with Crippen molar-refractivity contribution in [2.75, 3.05) is 0 Å². The minimum atomic E-state index is -0.382. The number of nitrogens with zero attached hydrogens (tertiary/aromatic N) is 3. The van der Waals surface area contributed by atoms with Crippen molar-refractivity contribution in [2.24, 2.45) is 0 Å². The van der Waals surface area contributed by atoms with E-state index in [1.165, 1.54) is 0 Å². The average molecular weight is 366 g/mol. The fraction of sp³-hybridized carbons (Fsp3) is 0.350. The Hall–Kier alpha value is -2.83. The van der Waals surface area contributed by atoms with E-state index >= 15 is 0 Å². The molecule has 2 aromatic rings. The molecule has 0 bridgehead atoms. The van der Waals surface area contributed by atoms with E-state index in [9.17, 15) is 15.3 Å². The molecule has 0 radical (unpaired) electrons. The summed E-state index contributed by atoms with van der Waals surface area (Å²) >= 11 is 1.58. The SMILES string of the molecule is Cc1sc(-n2c(C)cc(/C=C(\C#N)C(=O)NC(C)C)c2C)c(C#N)c1C. The standard InChI is InChI=1S/C20H22N4OS/c1-11(2)23-19(25)17(9-21)8-16-7-12(3)24(14(16)5)20-18(10-22)13(4)15(6)26-20/h7-8,11H,1-6H3,(H,23,25)/b17-8+. The van der Waals surface area contributed by atoms with Crippen molar-refractivity contribution < 1.29 is 4.79 Å². The van der Waals surface area contributed by atoms with Crippen molar-refractivity contribution in [1.29, 1.82) is 10.5 Å². The van der Waals surface area contributed by atoms with Crippen molar-refractivity contribution >= 4 is 23.3 Å². The van der Waals surface area contributed by atoms with Gasteiger partial charge in [0.15, 0.2) is 0 Å². The van der Waals surface area contributed by atoms with Gasteiger partial charge in [0.1, 0.15) is 22.7 Å². The molecule has 0 aliphatic carbocycles. The van der Waals surface area contributed by atoms with Crippen LogP contribution in [0, 0.1) is 50.4 Å². The normalized spacial score (nSPS) is 11.3. The number of hydrogen-bond acceptors (Lipinski definition) is 4. The third kappa shape index (κ3) is 3.56. The van der Waals surface area contributed by atoms with E-state index in [1.807, 2.05) is 58.2 Å². The molecule has 2 rings (SSSR count). The maximum absolute atomic E-state index is 12.2. The monoisotopic (exact) mass is 366 g/mol. The lowest BCUT2D eigenvalue weighted by Crippen LogP contribution is -2.30. The molecule has 0 unspecified atom stereocenters. The van der Waals surface area contributed by atoms with Gasteiger partial charge in [-0.05, 0) is 64.8 Å². The van der Waals surface area contributed by atoms with Gasteiger partial charge < -0.3 is 9.88 Å². The van der Waals surface area contributed by atoms with Crippen LogP contribution in [-0.2, 0) is 4.79 Å². The molecule has 0 aromatic carbocycles. The summed E-state index contributed by atoms with van der Waals surface area (Å²) in [6.07, 6.45) is 1.61. The molecule has 2 heterocycles. The molecule has 0 aliphatic heterocycles. The number of carbonyl (C=O) groups is 1. The Morgan fingerprint density at radius 3 is 2.46 bits per heavy atom. The summed E-state index contributed by atoms with van der Waals surface area (Å²) in [5, 5.41) is 22.5. The van der Waals surface area contributed by atoms with Crippen molar-refractivity contribution in [3.05, 3.63) is 44.6 Å². The van der Waals surface area contributed by atoms with Crippen LogP contribution < -0.4 is 5.32 Å². The first-order valence-electron chi connectivity index (χ1n) is 8.33. The second kappa shape index (κ2) is 7.59. The zero-order valence-electron chi connectivity index (χ0n) is 15.9. The lowest BCUT2D eigenvalue weighted by molar-refractivity contribution is -0.117. The first kappa shape index (κ1) is 19.5. The van der Waals surface area contributed by atoms with E-state index in [4.69, 9.17) is 0 Å². The Morgan fingerprint density at radius 2 is 1.92 bits per heavy atom. The van der Waals surface area contributed by atoms with Gasteiger partial charge in [0.2, 0.25) is 0 Å². The number of aryl methyl sites for hydroxylation is 2. The number of rotatable bonds is 4. The van der Waals surface area contributed by atoms with Gasteiger partial charge in [0.25, 0.3) is 5.91 Å². The summed E-state index contributed by atoms with van der Waals surface area (Å²) in [5.41, 5.74) is 4.37. The van der Waals surface area contributed by atoms with Crippen LogP contribution in [-0.4, -0.2) is 16.5 Å². The molecule has 134 valence electrons. The van der Waals surface area contributed by atoms with Gasteiger partial charge in [-0.15, -0.1) is 11.3 Å². The highest BCUT2D eigenvalue weighted by Crippen LogP contribution is 2.33. The van der Waals surface area contributed by atoms with Crippen LogP contribution in [0.25, 0.3) is 11.1 Å². The van der Waals surface area contributed by atoms with Gasteiger partial charge in [-0.2, -0.15) is 10.5 Å². The zero-order valence-corrected chi connectivity index (χ0v) is 16.7. The van der Waals surface area contributed by atoms with Crippen LogP contribution in [0.1, 0.15) is 46.8 Å². The van der Waals surface area contributed by atoms with Crippen molar-refractivity contribution in [1.82, 2.24) is 9.88 Å². The predicted octanol–water partition coefficient (Wildman–Crippen LogP) is 4.08. The largest absolute Gasteiger partial charge is 0.349 e. The molecule has 0 saturated carbocycles. The summed E-state index contributed by atoms with van der Waals surface area (Å²) in [6.45, 7) is 11.5. The number of nitriles is 2. The molecule has 2 aromatic heterocycles. The van der Waals surface area contributed by atoms with Crippen molar-refractivity contribution in [3.8, 4) is 17.1 Å². The smallest absolute Gasteiger partial charge is 0.262 e. The number of hydrogen-bond donors (Lipinski definition) is 1. The molecule has 6 heteroatoms. The van der Waals surface area contributed by atoms with E-state index in [-0.39, 0.29) is 17.5 Å². The van der Waals surface area contributed by atoms with E-state index < -0.39 is 0 Å². The number of nitrogens with one attached hydrogen (secondary N) is 1. The Bertz CT molecular complexity index is 977. The molecule has 0 fully saturated rings. The Balaban J connectivity index is 2.58. The molecule has 5 nitrogen and oxygen atoms in total. The number of thiophene rings is 1. The van der Waals surface area contributed by atoms with Crippen LogP contribution in [0.2, 0.25) is 0 Å². The maximum Gasteiger partial charge on any atom is 0.262 e. The lowest BCUT2D eigenvalue weighted by Gasteiger charge is -2.08. The zero-order chi connectivity index (χ0) is 19.6.